The maximum absolute atomic E-state index is 13.1. The van der Waals surface area contributed by atoms with Gasteiger partial charge in [0.25, 0.3) is 0 Å². The molecule has 2 aromatic rings. The Bertz CT molecular complexity index is 525. The van der Waals surface area contributed by atoms with Gasteiger partial charge in [-0.1, -0.05) is 27.5 Å². The van der Waals surface area contributed by atoms with Crippen LogP contribution in [0.1, 0.15) is 5.56 Å². The number of nitrogen functional groups attached to an aromatic ring is 1. The SMILES string of the molecule is Nc1ccc(F)cc1COc1cc(Br)ccc1Cl. The Morgan fingerprint density at radius 2 is 2.00 bits per heavy atom. The lowest BCUT2D eigenvalue weighted by Gasteiger charge is -2.10. The van der Waals surface area contributed by atoms with Gasteiger partial charge in [-0.2, -0.15) is 0 Å². The molecule has 0 saturated carbocycles. The molecular formula is C13H10BrClFNO. The van der Waals surface area contributed by atoms with Crippen LogP contribution in [-0.4, -0.2) is 0 Å². The Morgan fingerprint density at radius 3 is 2.78 bits per heavy atom. The van der Waals surface area contributed by atoms with Gasteiger partial charge in [-0.05, 0) is 36.4 Å². The van der Waals surface area contributed by atoms with Crippen molar-refractivity contribution in [3.05, 3.63) is 57.3 Å². The van der Waals surface area contributed by atoms with Crippen molar-refractivity contribution in [3.8, 4) is 5.75 Å². The highest BCUT2D eigenvalue weighted by atomic mass is 79.9. The Balaban J connectivity index is 2.16. The van der Waals surface area contributed by atoms with Crippen LogP contribution in [0.15, 0.2) is 40.9 Å². The van der Waals surface area contributed by atoms with Gasteiger partial charge >= 0.3 is 0 Å². The number of rotatable bonds is 3. The Labute approximate surface area is 118 Å². The van der Waals surface area contributed by atoms with Gasteiger partial charge in [-0.3, -0.25) is 0 Å². The number of ether oxygens (including phenoxy) is 1. The summed E-state index contributed by atoms with van der Waals surface area (Å²) in [6.45, 7) is 0.166. The zero-order valence-corrected chi connectivity index (χ0v) is 11.6. The summed E-state index contributed by atoms with van der Waals surface area (Å²) in [6, 6.07) is 9.45. The van der Waals surface area contributed by atoms with Crippen molar-refractivity contribution in [1.82, 2.24) is 0 Å². The van der Waals surface area contributed by atoms with Crippen molar-refractivity contribution in [2.45, 2.75) is 6.61 Å². The first-order chi connectivity index (χ1) is 8.56. The molecule has 0 saturated heterocycles. The lowest BCUT2D eigenvalue weighted by molar-refractivity contribution is 0.306. The Kier molecular flexibility index (Phi) is 4.09. The van der Waals surface area contributed by atoms with Crippen LogP contribution >= 0.6 is 27.5 Å². The van der Waals surface area contributed by atoms with Crippen LogP contribution in [0, 0.1) is 5.82 Å². The second-order valence-electron chi connectivity index (χ2n) is 3.71. The highest BCUT2D eigenvalue weighted by Crippen LogP contribution is 2.29. The molecular weight excluding hydrogens is 321 g/mol. The van der Waals surface area contributed by atoms with Gasteiger partial charge in [0.2, 0.25) is 0 Å². The number of hydrogen-bond donors (Lipinski definition) is 1. The van der Waals surface area contributed by atoms with Crippen LogP contribution in [0.2, 0.25) is 5.02 Å². The predicted octanol–water partition coefficient (Wildman–Crippen LogP) is 4.40. The maximum atomic E-state index is 13.1. The first-order valence-electron chi connectivity index (χ1n) is 5.18. The summed E-state index contributed by atoms with van der Waals surface area (Å²) in [4.78, 5) is 0. The van der Waals surface area contributed by atoms with Crippen LogP contribution in [0.3, 0.4) is 0 Å². The van der Waals surface area contributed by atoms with Gasteiger partial charge in [-0.15, -0.1) is 0 Å². The maximum Gasteiger partial charge on any atom is 0.139 e. The molecule has 18 heavy (non-hydrogen) atoms. The monoisotopic (exact) mass is 329 g/mol. The highest BCUT2D eigenvalue weighted by molar-refractivity contribution is 9.10. The molecule has 0 amide bonds. The average Bonchev–Trinajstić information content (AvgIpc) is 2.34. The van der Waals surface area contributed by atoms with Crippen molar-refractivity contribution >= 4 is 33.2 Å². The third kappa shape index (κ3) is 3.15. The molecule has 0 bridgehead atoms. The van der Waals surface area contributed by atoms with Crippen molar-refractivity contribution in [2.24, 2.45) is 0 Å². The molecule has 0 fully saturated rings. The number of halogens is 3. The number of nitrogens with two attached hydrogens (primary N) is 1. The molecule has 0 aliphatic heterocycles. The van der Waals surface area contributed by atoms with E-state index in [0.29, 0.717) is 22.0 Å². The quantitative estimate of drug-likeness (QED) is 0.846. The summed E-state index contributed by atoms with van der Waals surface area (Å²) >= 11 is 9.31. The fraction of sp³-hybridized carbons (Fsp3) is 0.0769. The van der Waals surface area contributed by atoms with Crippen molar-refractivity contribution < 1.29 is 9.13 Å². The lowest BCUT2D eigenvalue weighted by atomic mass is 10.2. The average molecular weight is 331 g/mol. The van der Waals surface area contributed by atoms with E-state index in [0.717, 1.165) is 4.47 Å². The number of benzene rings is 2. The molecule has 2 N–H and O–H groups in total. The van der Waals surface area contributed by atoms with E-state index in [1.807, 2.05) is 6.07 Å². The van der Waals surface area contributed by atoms with E-state index in [-0.39, 0.29) is 12.4 Å². The third-order valence-electron chi connectivity index (χ3n) is 2.38. The molecule has 0 heterocycles. The van der Waals surface area contributed by atoms with Crippen LogP contribution in [0.25, 0.3) is 0 Å². The minimum Gasteiger partial charge on any atom is -0.487 e. The third-order valence-corrected chi connectivity index (χ3v) is 3.19. The van der Waals surface area contributed by atoms with Gasteiger partial charge in [0.15, 0.2) is 0 Å². The van der Waals surface area contributed by atoms with E-state index >= 15 is 0 Å². The van der Waals surface area contributed by atoms with Crippen LogP contribution < -0.4 is 10.5 Å². The summed E-state index contributed by atoms with van der Waals surface area (Å²) in [5.74, 6) is 0.179. The molecule has 0 aliphatic rings. The van der Waals surface area contributed by atoms with Crippen molar-refractivity contribution in [1.29, 1.82) is 0 Å². The van der Waals surface area contributed by atoms with Gasteiger partial charge in [0.1, 0.15) is 18.2 Å². The molecule has 94 valence electrons. The highest BCUT2D eigenvalue weighted by Gasteiger charge is 2.06. The summed E-state index contributed by atoms with van der Waals surface area (Å²) in [6.07, 6.45) is 0. The second kappa shape index (κ2) is 5.59. The molecule has 0 unspecified atom stereocenters. The summed E-state index contributed by atoms with van der Waals surface area (Å²) in [7, 11) is 0. The molecule has 2 aromatic carbocycles. The van der Waals surface area contributed by atoms with E-state index in [4.69, 9.17) is 22.1 Å². The number of hydrogen-bond acceptors (Lipinski definition) is 2. The largest absolute Gasteiger partial charge is 0.487 e. The molecule has 0 atom stereocenters. The smallest absolute Gasteiger partial charge is 0.139 e. The summed E-state index contributed by atoms with van der Waals surface area (Å²) in [5.41, 5.74) is 6.81. The van der Waals surface area contributed by atoms with Crippen LogP contribution in [0.4, 0.5) is 10.1 Å². The predicted molar refractivity (Wildman–Crippen MR) is 74.3 cm³/mol. The summed E-state index contributed by atoms with van der Waals surface area (Å²) < 4.78 is 19.5. The summed E-state index contributed by atoms with van der Waals surface area (Å²) in [5, 5.41) is 0.494. The Hall–Kier alpha value is -1.26. The fourth-order valence-corrected chi connectivity index (χ4v) is 1.95. The van der Waals surface area contributed by atoms with Crippen molar-refractivity contribution in [3.63, 3.8) is 0 Å². The molecule has 0 radical (unpaired) electrons. The first kappa shape index (κ1) is 13.2. The van der Waals surface area contributed by atoms with Gasteiger partial charge < -0.3 is 10.5 Å². The van der Waals surface area contributed by atoms with E-state index in [2.05, 4.69) is 15.9 Å². The topological polar surface area (TPSA) is 35.2 Å². The lowest BCUT2D eigenvalue weighted by Crippen LogP contribution is -2.01. The molecule has 0 aliphatic carbocycles. The van der Waals surface area contributed by atoms with Crippen LogP contribution in [0.5, 0.6) is 5.75 Å². The molecule has 0 aromatic heterocycles. The van der Waals surface area contributed by atoms with E-state index in [9.17, 15) is 4.39 Å². The minimum absolute atomic E-state index is 0.166. The van der Waals surface area contributed by atoms with Gasteiger partial charge in [-0.25, -0.2) is 4.39 Å². The normalized spacial score (nSPS) is 10.4. The second-order valence-corrected chi connectivity index (χ2v) is 5.03. The van der Waals surface area contributed by atoms with E-state index in [1.54, 1.807) is 12.1 Å². The van der Waals surface area contributed by atoms with Gasteiger partial charge in [0, 0.05) is 15.7 Å². The van der Waals surface area contributed by atoms with Crippen molar-refractivity contribution in [2.75, 3.05) is 5.73 Å². The molecule has 2 rings (SSSR count). The zero-order chi connectivity index (χ0) is 13.1. The molecule has 2 nitrogen and oxygen atoms in total. The molecule has 5 heteroatoms. The van der Waals surface area contributed by atoms with Crippen LogP contribution in [-0.2, 0) is 6.61 Å². The van der Waals surface area contributed by atoms with E-state index in [1.165, 1.54) is 18.2 Å². The standard InChI is InChI=1S/C13H10BrClFNO/c14-9-1-3-11(15)13(6-9)18-7-8-5-10(16)2-4-12(8)17/h1-6H,7,17H2. The van der Waals surface area contributed by atoms with E-state index < -0.39 is 0 Å². The van der Waals surface area contributed by atoms with Gasteiger partial charge in [0.05, 0.1) is 5.02 Å². The number of anilines is 1. The fourth-order valence-electron chi connectivity index (χ4n) is 1.44. The molecule has 0 spiro atoms. The first-order valence-corrected chi connectivity index (χ1v) is 6.35. The Morgan fingerprint density at radius 1 is 1.22 bits per heavy atom. The minimum atomic E-state index is -0.344. The zero-order valence-electron chi connectivity index (χ0n) is 9.29.